The summed E-state index contributed by atoms with van der Waals surface area (Å²) in [6, 6.07) is -0.725. The van der Waals surface area contributed by atoms with Crippen LogP contribution in [0.3, 0.4) is 0 Å². The number of esters is 1. The molecule has 310 valence electrons. The Hall–Kier alpha value is -2.70. The molecule has 0 aromatic rings. The minimum Gasteiger partial charge on any atom is -0.462 e. The number of carbonyl (C=O) groups is 2. The van der Waals surface area contributed by atoms with Gasteiger partial charge < -0.3 is 20.3 Å². The van der Waals surface area contributed by atoms with E-state index in [0.29, 0.717) is 19.3 Å². The van der Waals surface area contributed by atoms with E-state index < -0.39 is 18.2 Å². The van der Waals surface area contributed by atoms with Crippen LogP contribution in [0.4, 0.5) is 0 Å². The molecule has 1 amide bonds. The molecule has 3 N–H and O–H groups in total. The van der Waals surface area contributed by atoms with Gasteiger partial charge in [0.05, 0.1) is 25.2 Å². The summed E-state index contributed by atoms with van der Waals surface area (Å²) in [5.41, 5.74) is 0. The van der Waals surface area contributed by atoms with Crippen LogP contribution in [0.15, 0.2) is 72.9 Å². The summed E-state index contributed by atoms with van der Waals surface area (Å²) in [5, 5.41) is 23.5. The Morgan fingerprint density at radius 3 is 1.61 bits per heavy atom. The first-order valence-corrected chi connectivity index (χ1v) is 22.2. The average Bonchev–Trinajstić information content (AvgIpc) is 3.16. The molecule has 54 heavy (non-hydrogen) atoms. The Balaban J connectivity index is 4.70. The Morgan fingerprint density at radius 2 is 1.02 bits per heavy atom. The van der Waals surface area contributed by atoms with Crippen LogP contribution in [0.1, 0.15) is 194 Å². The van der Waals surface area contributed by atoms with Gasteiger partial charge in [-0.3, -0.25) is 9.59 Å². The van der Waals surface area contributed by atoms with Gasteiger partial charge in [0, 0.05) is 6.42 Å². The topological polar surface area (TPSA) is 95.9 Å². The van der Waals surface area contributed by atoms with Crippen molar-refractivity contribution in [1.29, 1.82) is 0 Å². The fourth-order valence-corrected chi connectivity index (χ4v) is 6.26. The third-order valence-corrected chi connectivity index (χ3v) is 9.64. The lowest BCUT2D eigenvalue weighted by molar-refractivity contribution is -0.151. The number of rotatable bonds is 38. The lowest BCUT2D eigenvalue weighted by Crippen LogP contribution is -2.46. The third kappa shape index (κ3) is 36.3. The number of aliphatic hydroxyl groups is 2. The van der Waals surface area contributed by atoms with E-state index in [1.807, 2.05) is 36.5 Å². The molecule has 0 aliphatic carbocycles. The number of amides is 1. The summed E-state index contributed by atoms with van der Waals surface area (Å²) in [5.74, 6) is -0.564. The largest absolute Gasteiger partial charge is 0.462 e. The minimum absolute atomic E-state index is 0.0236. The molecule has 3 atom stereocenters. The van der Waals surface area contributed by atoms with Crippen LogP contribution in [0.5, 0.6) is 0 Å². The van der Waals surface area contributed by atoms with Gasteiger partial charge in [-0.05, 0) is 64.2 Å². The van der Waals surface area contributed by atoms with E-state index in [9.17, 15) is 19.8 Å². The van der Waals surface area contributed by atoms with Gasteiger partial charge in [-0.25, -0.2) is 0 Å². The van der Waals surface area contributed by atoms with Crippen molar-refractivity contribution in [2.45, 2.75) is 212 Å². The first kappa shape index (κ1) is 51.3. The van der Waals surface area contributed by atoms with Gasteiger partial charge in [-0.2, -0.15) is 0 Å². The summed E-state index contributed by atoms with van der Waals surface area (Å²) in [7, 11) is 0. The van der Waals surface area contributed by atoms with Crippen molar-refractivity contribution in [2.24, 2.45) is 0 Å². The molecule has 0 aliphatic heterocycles. The van der Waals surface area contributed by atoms with Gasteiger partial charge in [0.25, 0.3) is 0 Å². The highest BCUT2D eigenvalue weighted by molar-refractivity contribution is 5.77. The van der Waals surface area contributed by atoms with Crippen LogP contribution >= 0.6 is 0 Å². The zero-order chi connectivity index (χ0) is 39.6. The Bertz CT molecular complexity index is 1030. The molecule has 6 nitrogen and oxygen atoms in total. The molecule has 0 heterocycles. The highest BCUT2D eigenvalue weighted by Gasteiger charge is 2.24. The van der Waals surface area contributed by atoms with Crippen molar-refractivity contribution in [3.8, 4) is 0 Å². The number of aliphatic hydroxyl groups excluding tert-OH is 2. The van der Waals surface area contributed by atoms with Crippen LogP contribution in [0.2, 0.25) is 0 Å². The highest BCUT2D eigenvalue weighted by Crippen LogP contribution is 2.16. The number of nitrogens with one attached hydrogen (secondary N) is 1. The molecule has 0 saturated heterocycles. The lowest BCUT2D eigenvalue weighted by atomic mass is 10.0. The fraction of sp³-hybridized carbons (Fsp3) is 0.708. The molecular formula is C48H83NO5. The van der Waals surface area contributed by atoms with E-state index in [-0.39, 0.29) is 24.9 Å². The first-order valence-electron chi connectivity index (χ1n) is 22.2. The molecule has 0 rings (SSSR count). The first-order chi connectivity index (χ1) is 26.5. The summed E-state index contributed by atoms with van der Waals surface area (Å²) in [6.07, 6.45) is 51.1. The predicted octanol–water partition coefficient (Wildman–Crippen LogP) is 12.7. The minimum atomic E-state index is -0.807. The number of hydrogen-bond donors (Lipinski definition) is 3. The van der Waals surface area contributed by atoms with Crippen LogP contribution < -0.4 is 5.32 Å². The maximum atomic E-state index is 13.1. The van der Waals surface area contributed by atoms with Crippen LogP contribution in [0, 0.1) is 0 Å². The quantitative estimate of drug-likeness (QED) is 0.0331. The monoisotopic (exact) mass is 754 g/mol. The Morgan fingerprint density at radius 1 is 0.556 bits per heavy atom. The highest BCUT2D eigenvalue weighted by atomic mass is 16.5. The molecule has 0 radical (unpaired) electrons. The van der Waals surface area contributed by atoms with Crippen molar-refractivity contribution in [1.82, 2.24) is 5.32 Å². The second-order valence-corrected chi connectivity index (χ2v) is 14.8. The molecule has 0 saturated carbocycles. The number of unbranched alkanes of at least 4 members (excludes halogenated alkanes) is 18. The van der Waals surface area contributed by atoms with Crippen molar-refractivity contribution in [3.63, 3.8) is 0 Å². The molecule has 6 heteroatoms. The number of allylic oxidation sites excluding steroid dienone is 12. The Kier molecular flexibility index (Phi) is 39.4. The van der Waals surface area contributed by atoms with E-state index in [1.54, 1.807) is 0 Å². The van der Waals surface area contributed by atoms with Crippen molar-refractivity contribution < 1.29 is 24.5 Å². The summed E-state index contributed by atoms with van der Waals surface area (Å²) >= 11 is 0. The van der Waals surface area contributed by atoms with Crippen molar-refractivity contribution >= 4 is 11.9 Å². The number of hydrogen-bond acceptors (Lipinski definition) is 5. The normalized spacial score (nSPS) is 14.1. The standard InChI is InChI=1S/C48H83NO5/c1-4-7-10-13-16-19-21-22-23-24-26-29-32-35-38-41-48(53)54-44(39-36-33-30-28-25-20-17-14-11-8-5-2)42-47(52)49-45(43-50)46(51)40-37-34-31-27-18-15-12-9-6-3/h8,11,14,16-17,19-22,25,28,30,44-46,50-51H,4-7,9-10,12-13,15,18,23-24,26-27,29,31-43H2,1-3H3,(H,49,52)/b11-8+,17-14+,19-16+,22-21+,25-20-,30-28-. The van der Waals surface area contributed by atoms with Crippen molar-refractivity contribution in [2.75, 3.05) is 6.61 Å². The predicted molar refractivity (Wildman–Crippen MR) is 231 cm³/mol. The second kappa shape index (κ2) is 41.5. The van der Waals surface area contributed by atoms with E-state index in [1.165, 1.54) is 83.5 Å². The zero-order valence-electron chi connectivity index (χ0n) is 35.1. The van der Waals surface area contributed by atoms with E-state index in [2.05, 4.69) is 62.5 Å². The summed E-state index contributed by atoms with van der Waals surface area (Å²) < 4.78 is 5.85. The molecule has 3 unspecified atom stereocenters. The van der Waals surface area contributed by atoms with Gasteiger partial charge in [0.2, 0.25) is 5.91 Å². The number of carbonyl (C=O) groups excluding carboxylic acids is 2. The fourth-order valence-electron chi connectivity index (χ4n) is 6.26. The number of ether oxygens (including phenoxy) is 1. The summed E-state index contributed by atoms with van der Waals surface area (Å²) in [4.78, 5) is 25.9. The molecule has 0 spiro atoms. The van der Waals surface area contributed by atoms with E-state index >= 15 is 0 Å². The van der Waals surface area contributed by atoms with Gasteiger partial charge in [-0.15, -0.1) is 0 Å². The molecule has 0 fully saturated rings. The molecule has 0 aromatic carbocycles. The van der Waals surface area contributed by atoms with Crippen molar-refractivity contribution in [3.05, 3.63) is 72.9 Å². The lowest BCUT2D eigenvalue weighted by Gasteiger charge is -2.24. The van der Waals surface area contributed by atoms with Crippen LogP contribution in [-0.2, 0) is 14.3 Å². The molecular weight excluding hydrogens is 671 g/mol. The summed E-state index contributed by atoms with van der Waals surface area (Å²) in [6.45, 7) is 6.24. The van der Waals surface area contributed by atoms with E-state index in [4.69, 9.17) is 4.74 Å². The van der Waals surface area contributed by atoms with Crippen LogP contribution in [-0.4, -0.2) is 46.9 Å². The molecule has 0 aliphatic rings. The van der Waals surface area contributed by atoms with Gasteiger partial charge in [0.15, 0.2) is 0 Å². The van der Waals surface area contributed by atoms with Gasteiger partial charge >= 0.3 is 5.97 Å². The maximum absolute atomic E-state index is 13.1. The Labute approximate surface area is 332 Å². The van der Waals surface area contributed by atoms with Gasteiger partial charge in [0.1, 0.15) is 6.10 Å². The third-order valence-electron chi connectivity index (χ3n) is 9.64. The zero-order valence-corrected chi connectivity index (χ0v) is 35.1. The van der Waals surface area contributed by atoms with E-state index in [0.717, 1.165) is 64.2 Å². The molecule has 0 bridgehead atoms. The second-order valence-electron chi connectivity index (χ2n) is 14.8. The SMILES string of the molecule is CC/C=C/C=C/C=C\C=C/CCCC(CC(=O)NC(CO)C(O)CCCCCCCCCCC)OC(=O)CCCCCCCC/C=C/C=C/CCCCC. The van der Waals surface area contributed by atoms with Crippen LogP contribution in [0.25, 0.3) is 0 Å². The van der Waals surface area contributed by atoms with Gasteiger partial charge in [-0.1, -0.05) is 190 Å². The average molecular weight is 754 g/mol. The molecule has 0 aromatic heterocycles. The smallest absolute Gasteiger partial charge is 0.306 e. The maximum Gasteiger partial charge on any atom is 0.306 e.